The van der Waals surface area contributed by atoms with Gasteiger partial charge < -0.3 is 24.4 Å². The minimum atomic E-state index is -0.712. The number of hydrogen-bond donors (Lipinski definition) is 2. The number of ether oxygens (including phenoxy) is 2. The third kappa shape index (κ3) is 3.38. The third-order valence-electron chi connectivity index (χ3n) is 5.60. The van der Waals surface area contributed by atoms with Gasteiger partial charge in [0.2, 0.25) is 0 Å². The zero-order valence-electron chi connectivity index (χ0n) is 16.4. The Bertz CT molecular complexity index is 986. The van der Waals surface area contributed by atoms with Gasteiger partial charge in [-0.15, -0.1) is 0 Å². The molecule has 0 spiro atoms. The second-order valence-corrected chi connectivity index (χ2v) is 7.68. The summed E-state index contributed by atoms with van der Waals surface area (Å²) in [6.07, 6.45) is -1.43. The number of aryl methyl sites for hydroxylation is 2. The van der Waals surface area contributed by atoms with Crippen molar-refractivity contribution in [3.63, 3.8) is 0 Å². The maximum absolute atomic E-state index is 11.1. The van der Waals surface area contributed by atoms with Crippen LogP contribution in [0.15, 0.2) is 47.0 Å². The summed E-state index contributed by atoms with van der Waals surface area (Å²) in [5.74, 6) is 0.694. The molecule has 8 nitrogen and oxygen atoms in total. The molecule has 0 amide bonds. The van der Waals surface area contributed by atoms with Crippen LogP contribution in [-0.4, -0.2) is 51.2 Å². The molecule has 5 atom stereocenters. The first-order valence-electron chi connectivity index (χ1n) is 9.82. The van der Waals surface area contributed by atoms with E-state index in [2.05, 4.69) is 15.6 Å². The minimum Gasteiger partial charge on any atom is -0.389 e. The molecular formula is C21H24N4O4. The molecule has 0 radical (unpaired) electrons. The number of rotatable bonds is 5. The molecule has 1 aromatic carbocycles. The van der Waals surface area contributed by atoms with E-state index in [1.807, 2.05) is 61.0 Å². The molecule has 0 saturated carbocycles. The summed E-state index contributed by atoms with van der Waals surface area (Å²) >= 11 is 0. The molecule has 2 bridgehead atoms. The Labute approximate surface area is 168 Å². The fourth-order valence-electron chi connectivity index (χ4n) is 4.22. The van der Waals surface area contributed by atoms with Gasteiger partial charge in [0.1, 0.15) is 17.8 Å². The zero-order valence-corrected chi connectivity index (χ0v) is 16.4. The van der Waals surface area contributed by atoms with Crippen LogP contribution < -0.4 is 5.32 Å². The molecule has 2 saturated heterocycles. The van der Waals surface area contributed by atoms with Crippen molar-refractivity contribution in [2.24, 2.45) is 0 Å². The van der Waals surface area contributed by atoms with Crippen LogP contribution in [0.1, 0.15) is 23.2 Å². The molecule has 0 aliphatic carbocycles. The number of nitrogens with one attached hydrogen (secondary N) is 1. The first-order chi connectivity index (χ1) is 14.1. The Morgan fingerprint density at radius 1 is 1.21 bits per heavy atom. The standard InChI is InChI=1S/C21H24N4O4/c1-12-8-13(2)25(23-12)19-20(26)18(17-11-27-21(19)28-17)22-10-15-9-16(24-29-15)14-6-4-3-5-7-14/h3-9,17-22,26H,10-11H2,1-2H3. The Morgan fingerprint density at radius 2 is 2.03 bits per heavy atom. The Kier molecular flexibility index (Phi) is 4.71. The highest BCUT2D eigenvalue weighted by Crippen LogP contribution is 2.36. The number of aliphatic hydroxyl groups excluding tert-OH is 1. The van der Waals surface area contributed by atoms with E-state index < -0.39 is 18.4 Å². The van der Waals surface area contributed by atoms with Crippen molar-refractivity contribution >= 4 is 0 Å². The average molecular weight is 396 g/mol. The van der Waals surface area contributed by atoms with Crippen LogP contribution >= 0.6 is 0 Å². The lowest BCUT2D eigenvalue weighted by Gasteiger charge is -2.39. The first kappa shape index (κ1) is 18.5. The average Bonchev–Trinajstić information content (AvgIpc) is 3.43. The smallest absolute Gasteiger partial charge is 0.183 e. The largest absolute Gasteiger partial charge is 0.389 e. The van der Waals surface area contributed by atoms with E-state index in [-0.39, 0.29) is 12.1 Å². The summed E-state index contributed by atoms with van der Waals surface area (Å²) in [5, 5.41) is 23.2. The van der Waals surface area contributed by atoms with E-state index in [9.17, 15) is 5.11 Å². The van der Waals surface area contributed by atoms with E-state index in [0.717, 1.165) is 22.6 Å². The maximum Gasteiger partial charge on any atom is 0.183 e. The van der Waals surface area contributed by atoms with Crippen molar-refractivity contribution in [1.29, 1.82) is 0 Å². The summed E-state index contributed by atoms with van der Waals surface area (Å²) in [5.41, 5.74) is 3.65. The molecule has 8 heteroatoms. The van der Waals surface area contributed by atoms with Gasteiger partial charge in [-0.25, -0.2) is 0 Å². The molecule has 152 valence electrons. The second-order valence-electron chi connectivity index (χ2n) is 7.68. The molecule has 2 fully saturated rings. The lowest BCUT2D eigenvalue weighted by molar-refractivity contribution is -0.168. The molecule has 29 heavy (non-hydrogen) atoms. The minimum absolute atomic E-state index is 0.222. The van der Waals surface area contributed by atoms with Crippen molar-refractivity contribution in [1.82, 2.24) is 20.3 Å². The summed E-state index contributed by atoms with van der Waals surface area (Å²) in [4.78, 5) is 0. The van der Waals surface area contributed by atoms with E-state index in [1.54, 1.807) is 0 Å². The second kappa shape index (κ2) is 7.38. The molecule has 2 aliphatic rings. The number of aliphatic hydroxyl groups is 1. The van der Waals surface area contributed by atoms with Gasteiger partial charge >= 0.3 is 0 Å². The predicted molar refractivity (Wildman–Crippen MR) is 104 cm³/mol. The van der Waals surface area contributed by atoms with E-state index in [4.69, 9.17) is 14.0 Å². The number of benzene rings is 1. The Hall–Kier alpha value is -2.52. The van der Waals surface area contributed by atoms with Gasteiger partial charge in [-0.05, 0) is 19.9 Å². The van der Waals surface area contributed by atoms with Gasteiger partial charge in [0.05, 0.1) is 31.0 Å². The van der Waals surface area contributed by atoms with Crippen LogP contribution in [0.25, 0.3) is 11.3 Å². The van der Waals surface area contributed by atoms with Crippen molar-refractivity contribution < 1.29 is 19.1 Å². The Balaban J connectivity index is 1.32. The summed E-state index contributed by atoms with van der Waals surface area (Å²) in [6, 6.07) is 13.0. The van der Waals surface area contributed by atoms with Gasteiger partial charge in [-0.3, -0.25) is 4.68 Å². The molecule has 2 aliphatic heterocycles. The number of nitrogens with zero attached hydrogens (tertiary/aromatic N) is 3. The molecule has 5 rings (SSSR count). The van der Waals surface area contributed by atoms with Crippen LogP contribution in [0, 0.1) is 13.8 Å². The van der Waals surface area contributed by atoms with Gasteiger partial charge in [0.25, 0.3) is 0 Å². The SMILES string of the molecule is Cc1cc(C)n(C2C3OCC(O3)C(NCc3cc(-c4ccccc4)no3)C2O)n1. The monoisotopic (exact) mass is 396 g/mol. The number of fused-ring (bicyclic) bond motifs is 2. The van der Waals surface area contributed by atoms with Gasteiger partial charge in [0.15, 0.2) is 12.1 Å². The van der Waals surface area contributed by atoms with Crippen molar-refractivity contribution in [3.8, 4) is 11.3 Å². The summed E-state index contributed by atoms with van der Waals surface area (Å²) in [7, 11) is 0. The quantitative estimate of drug-likeness (QED) is 0.681. The normalized spacial score (nSPS) is 28.7. The van der Waals surface area contributed by atoms with Gasteiger partial charge in [-0.2, -0.15) is 5.10 Å². The highest BCUT2D eigenvalue weighted by molar-refractivity contribution is 5.58. The fourth-order valence-corrected chi connectivity index (χ4v) is 4.22. The lowest BCUT2D eigenvalue weighted by atomic mass is 9.96. The molecule has 2 N–H and O–H groups in total. The van der Waals surface area contributed by atoms with Crippen LogP contribution in [0.3, 0.4) is 0 Å². The van der Waals surface area contributed by atoms with Crippen LogP contribution in [0.4, 0.5) is 0 Å². The van der Waals surface area contributed by atoms with E-state index in [1.165, 1.54) is 0 Å². The molecule has 2 aromatic heterocycles. The van der Waals surface area contributed by atoms with Crippen molar-refractivity contribution in [3.05, 3.63) is 59.6 Å². The number of aromatic nitrogens is 3. The fraction of sp³-hybridized carbons (Fsp3) is 0.429. The molecule has 5 unspecified atom stereocenters. The lowest BCUT2D eigenvalue weighted by Crippen LogP contribution is -2.57. The zero-order chi connectivity index (χ0) is 20.0. The van der Waals surface area contributed by atoms with E-state index >= 15 is 0 Å². The predicted octanol–water partition coefficient (Wildman–Crippen LogP) is 1.97. The Morgan fingerprint density at radius 3 is 2.79 bits per heavy atom. The topological polar surface area (TPSA) is 94.6 Å². The number of hydrogen-bond acceptors (Lipinski definition) is 7. The molecular weight excluding hydrogens is 372 g/mol. The summed E-state index contributed by atoms with van der Waals surface area (Å²) < 4.78 is 19.1. The highest BCUT2D eigenvalue weighted by atomic mass is 16.7. The molecule has 3 aromatic rings. The third-order valence-corrected chi connectivity index (χ3v) is 5.60. The van der Waals surface area contributed by atoms with Gasteiger partial charge in [0, 0.05) is 17.3 Å². The highest BCUT2D eigenvalue weighted by Gasteiger charge is 2.51. The van der Waals surface area contributed by atoms with Gasteiger partial charge in [-0.1, -0.05) is 35.5 Å². The first-order valence-corrected chi connectivity index (χ1v) is 9.82. The maximum atomic E-state index is 11.1. The van der Waals surface area contributed by atoms with Crippen molar-refractivity contribution in [2.75, 3.05) is 6.61 Å². The van der Waals surface area contributed by atoms with Crippen LogP contribution in [0.5, 0.6) is 0 Å². The summed E-state index contributed by atoms with van der Waals surface area (Å²) in [6.45, 7) is 4.76. The van der Waals surface area contributed by atoms with Crippen molar-refractivity contribution in [2.45, 2.75) is 51.0 Å². The van der Waals surface area contributed by atoms with Crippen LogP contribution in [-0.2, 0) is 16.0 Å². The van der Waals surface area contributed by atoms with Crippen LogP contribution in [0.2, 0.25) is 0 Å². The molecule has 4 heterocycles. The van der Waals surface area contributed by atoms with E-state index in [0.29, 0.717) is 18.9 Å².